The Hall–Kier alpha value is -2.06. The molecule has 136 valence electrons. The number of nitrogens with zero attached hydrogens (tertiary/aromatic N) is 2. The maximum atomic E-state index is 12.5. The number of anilines is 2. The molecule has 0 fully saturated rings. The Morgan fingerprint density at radius 1 is 0.760 bits per heavy atom. The molecule has 6 nitrogen and oxygen atoms in total. The Morgan fingerprint density at radius 3 is 1.72 bits per heavy atom. The topological polar surface area (TPSA) is 74.8 Å². The zero-order valence-corrected chi connectivity index (χ0v) is 16.1. The molecule has 0 bridgehead atoms. The van der Waals surface area contributed by atoms with Gasteiger partial charge < -0.3 is 0 Å². The van der Waals surface area contributed by atoms with E-state index in [9.17, 15) is 16.8 Å². The smallest absolute Gasteiger partial charge is 0.235 e. The monoisotopic (exact) mass is 382 g/mol. The molecule has 2 aromatic rings. The van der Waals surface area contributed by atoms with Crippen molar-refractivity contribution in [3.8, 4) is 0 Å². The Kier molecular flexibility index (Phi) is 5.74. The summed E-state index contributed by atoms with van der Waals surface area (Å²) in [7, 11) is -3.88. The number of aryl methyl sites for hydroxylation is 1. The number of benzene rings is 2. The molecule has 0 saturated heterocycles. The Balaban J connectivity index is 2.12. The molecule has 0 radical (unpaired) electrons. The first kappa shape index (κ1) is 19.3. The van der Waals surface area contributed by atoms with Crippen molar-refractivity contribution in [2.75, 3.05) is 34.7 Å². The van der Waals surface area contributed by atoms with Crippen molar-refractivity contribution in [2.45, 2.75) is 6.42 Å². The molecule has 0 amide bonds. The molecule has 0 unspecified atom stereocenters. The maximum absolute atomic E-state index is 12.5. The van der Waals surface area contributed by atoms with Gasteiger partial charge in [-0.3, -0.25) is 8.61 Å². The highest BCUT2D eigenvalue weighted by Gasteiger charge is 2.19. The second-order valence-electron chi connectivity index (χ2n) is 5.77. The molecule has 0 saturated carbocycles. The molecule has 0 aliphatic carbocycles. The third-order valence-corrected chi connectivity index (χ3v) is 6.95. The van der Waals surface area contributed by atoms with Gasteiger partial charge in [0.15, 0.2) is 0 Å². The quantitative estimate of drug-likeness (QED) is 0.735. The van der Waals surface area contributed by atoms with Crippen molar-refractivity contribution in [1.29, 1.82) is 0 Å². The third-order valence-electron chi connectivity index (χ3n) is 3.98. The molecule has 0 spiro atoms. The molecule has 25 heavy (non-hydrogen) atoms. The standard InChI is InChI=1S/C17H22N2O4S2/c1-18(24(3,20)21)16-9-11-17(12-10-16)19(2)25(22,23)14-13-15-7-5-4-6-8-15/h4-12H,13-14H2,1-3H3. The zero-order valence-electron chi connectivity index (χ0n) is 14.5. The van der Waals surface area contributed by atoms with Crippen molar-refractivity contribution in [1.82, 2.24) is 0 Å². The van der Waals surface area contributed by atoms with Crippen LogP contribution in [0.25, 0.3) is 0 Å². The fourth-order valence-corrected chi connectivity index (χ4v) is 3.97. The molecule has 0 heterocycles. The van der Waals surface area contributed by atoms with E-state index in [0.29, 0.717) is 17.8 Å². The van der Waals surface area contributed by atoms with Gasteiger partial charge in [-0.2, -0.15) is 0 Å². The molecular weight excluding hydrogens is 360 g/mol. The van der Waals surface area contributed by atoms with E-state index in [0.717, 1.165) is 16.1 Å². The number of rotatable bonds is 7. The molecule has 8 heteroatoms. The van der Waals surface area contributed by atoms with E-state index in [1.54, 1.807) is 24.3 Å². The van der Waals surface area contributed by atoms with Gasteiger partial charge in [0.25, 0.3) is 0 Å². The number of hydrogen-bond donors (Lipinski definition) is 0. The molecule has 2 rings (SSSR count). The second kappa shape index (κ2) is 7.45. The highest BCUT2D eigenvalue weighted by molar-refractivity contribution is 7.92. The van der Waals surface area contributed by atoms with Gasteiger partial charge in [0, 0.05) is 14.1 Å². The van der Waals surface area contributed by atoms with Gasteiger partial charge in [-0.1, -0.05) is 30.3 Å². The predicted molar refractivity (Wildman–Crippen MR) is 102 cm³/mol. The lowest BCUT2D eigenvalue weighted by Crippen LogP contribution is -2.30. The molecule has 0 atom stereocenters. The van der Waals surface area contributed by atoms with Crippen LogP contribution in [0.3, 0.4) is 0 Å². The maximum Gasteiger partial charge on any atom is 0.235 e. The molecule has 0 N–H and O–H groups in total. The first-order valence-corrected chi connectivity index (χ1v) is 11.1. The van der Waals surface area contributed by atoms with E-state index >= 15 is 0 Å². The summed E-state index contributed by atoms with van der Waals surface area (Å²) in [6.07, 6.45) is 1.55. The molecule has 0 aromatic heterocycles. The predicted octanol–water partition coefficient (Wildman–Crippen LogP) is 2.09. The SMILES string of the molecule is CN(c1ccc(N(C)S(=O)(=O)CCc2ccccc2)cc1)S(C)(=O)=O. The first-order valence-electron chi connectivity index (χ1n) is 7.66. The fraction of sp³-hybridized carbons (Fsp3) is 0.294. The van der Waals surface area contributed by atoms with Gasteiger partial charge >= 0.3 is 0 Å². The van der Waals surface area contributed by atoms with Crippen LogP contribution < -0.4 is 8.61 Å². The summed E-state index contributed by atoms with van der Waals surface area (Å²) >= 11 is 0. The minimum Gasteiger partial charge on any atom is -0.274 e. The van der Waals surface area contributed by atoms with E-state index in [2.05, 4.69) is 0 Å². The van der Waals surface area contributed by atoms with Crippen LogP contribution in [0.15, 0.2) is 54.6 Å². The molecule has 2 aromatic carbocycles. The van der Waals surface area contributed by atoms with Crippen LogP contribution in [0.5, 0.6) is 0 Å². The van der Waals surface area contributed by atoms with Gasteiger partial charge in [0.2, 0.25) is 20.0 Å². The summed E-state index contributed by atoms with van der Waals surface area (Å²) < 4.78 is 50.5. The summed E-state index contributed by atoms with van der Waals surface area (Å²) in [6.45, 7) is 0. The highest BCUT2D eigenvalue weighted by Crippen LogP contribution is 2.23. The minimum absolute atomic E-state index is 0.00148. The summed E-state index contributed by atoms with van der Waals surface area (Å²) in [4.78, 5) is 0. The van der Waals surface area contributed by atoms with E-state index in [-0.39, 0.29) is 5.75 Å². The number of hydrogen-bond acceptors (Lipinski definition) is 4. The van der Waals surface area contributed by atoms with Crippen LogP contribution in [0.2, 0.25) is 0 Å². The van der Waals surface area contributed by atoms with Gasteiger partial charge in [-0.15, -0.1) is 0 Å². The first-order chi connectivity index (χ1) is 11.6. The lowest BCUT2D eigenvalue weighted by Gasteiger charge is -2.21. The van der Waals surface area contributed by atoms with Crippen molar-refractivity contribution >= 4 is 31.4 Å². The van der Waals surface area contributed by atoms with Crippen LogP contribution >= 0.6 is 0 Å². The number of sulfonamides is 2. The van der Waals surface area contributed by atoms with Gasteiger partial charge in [0.1, 0.15) is 0 Å². The average molecular weight is 383 g/mol. The van der Waals surface area contributed by atoms with Crippen molar-refractivity contribution < 1.29 is 16.8 Å². The third kappa shape index (κ3) is 4.96. The zero-order chi connectivity index (χ0) is 18.7. The molecular formula is C17H22N2O4S2. The van der Waals surface area contributed by atoms with E-state index in [4.69, 9.17) is 0 Å². The van der Waals surface area contributed by atoms with Crippen LogP contribution in [0.1, 0.15) is 5.56 Å². The molecule has 0 aliphatic heterocycles. The summed E-state index contributed by atoms with van der Waals surface area (Å²) in [5, 5.41) is 0. The summed E-state index contributed by atoms with van der Waals surface area (Å²) in [5.74, 6) is -0.00148. The Morgan fingerprint density at radius 2 is 1.24 bits per heavy atom. The van der Waals surface area contributed by atoms with Crippen LogP contribution in [0.4, 0.5) is 11.4 Å². The van der Waals surface area contributed by atoms with Crippen molar-refractivity contribution in [2.24, 2.45) is 0 Å². The lowest BCUT2D eigenvalue weighted by atomic mass is 10.2. The van der Waals surface area contributed by atoms with E-state index in [1.807, 2.05) is 30.3 Å². The van der Waals surface area contributed by atoms with Gasteiger partial charge in [-0.05, 0) is 36.2 Å². The van der Waals surface area contributed by atoms with Crippen LogP contribution in [0, 0.1) is 0 Å². The van der Waals surface area contributed by atoms with E-state index < -0.39 is 20.0 Å². The highest BCUT2D eigenvalue weighted by atomic mass is 32.2. The van der Waals surface area contributed by atoms with Crippen molar-refractivity contribution in [3.63, 3.8) is 0 Å². The summed E-state index contributed by atoms with van der Waals surface area (Å²) in [6, 6.07) is 15.8. The lowest BCUT2D eigenvalue weighted by molar-refractivity contribution is 0.593. The van der Waals surface area contributed by atoms with Crippen LogP contribution in [-0.2, 0) is 26.5 Å². The van der Waals surface area contributed by atoms with Crippen LogP contribution in [-0.4, -0.2) is 42.9 Å². The fourth-order valence-electron chi connectivity index (χ4n) is 2.25. The van der Waals surface area contributed by atoms with E-state index in [1.165, 1.54) is 18.4 Å². The van der Waals surface area contributed by atoms with Crippen molar-refractivity contribution in [3.05, 3.63) is 60.2 Å². The largest absolute Gasteiger partial charge is 0.274 e. The second-order valence-corrected chi connectivity index (χ2v) is 9.90. The molecule has 0 aliphatic rings. The average Bonchev–Trinajstić information content (AvgIpc) is 2.59. The van der Waals surface area contributed by atoms with Gasteiger partial charge in [0.05, 0.1) is 23.4 Å². The van der Waals surface area contributed by atoms with Gasteiger partial charge in [-0.25, -0.2) is 16.8 Å². The Bertz CT molecular complexity index is 909. The minimum atomic E-state index is -3.47. The summed E-state index contributed by atoms with van der Waals surface area (Å²) in [5.41, 5.74) is 1.92. The Labute approximate surface area is 149 Å². The normalized spacial score (nSPS) is 12.0.